The van der Waals surface area contributed by atoms with E-state index in [0.29, 0.717) is 6.42 Å². The molecule has 0 radical (unpaired) electrons. The number of carboxylic acid groups (broad SMARTS) is 1. The number of aliphatic carboxylic acids is 1. The third-order valence-corrected chi connectivity index (χ3v) is 4.40. The Morgan fingerprint density at radius 1 is 1.14 bits per heavy atom. The van der Waals surface area contributed by atoms with E-state index in [2.05, 4.69) is 41.8 Å². The van der Waals surface area contributed by atoms with Crippen molar-refractivity contribution in [2.45, 2.75) is 33.1 Å². The molecule has 4 nitrogen and oxygen atoms in total. The summed E-state index contributed by atoms with van der Waals surface area (Å²) in [5.41, 5.74) is 4.09. The zero-order valence-corrected chi connectivity index (χ0v) is 13.1. The number of nitrogens with zero attached hydrogens (tertiary/aromatic N) is 2. The topological polar surface area (TPSA) is 43.8 Å². The lowest BCUT2D eigenvalue weighted by atomic mass is 10.1. The van der Waals surface area contributed by atoms with Crippen LogP contribution >= 0.6 is 0 Å². The standard InChI is InChI=1S/C17H26N2O2/c1-14-6-5-7-16(15(14)2)19-12-10-18(11-13-19)9-4-3-8-17(20)21/h5-7H,3-4,8-13H2,1-2H3,(H,20,21). The van der Waals surface area contributed by atoms with Crippen LogP contribution in [-0.4, -0.2) is 48.7 Å². The van der Waals surface area contributed by atoms with Gasteiger partial charge in [0, 0.05) is 38.3 Å². The largest absolute Gasteiger partial charge is 0.481 e. The summed E-state index contributed by atoms with van der Waals surface area (Å²) < 4.78 is 0. The summed E-state index contributed by atoms with van der Waals surface area (Å²) in [6.07, 6.45) is 2.06. The first kappa shape index (κ1) is 15.8. The van der Waals surface area contributed by atoms with E-state index in [1.54, 1.807) is 0 Å². The number of hydrogen-bond acceptors (Lipinski definition) is 3. The van der Waals surface area contributed by atoms with Gasteiger partial charge in [0.1, 0.15) is 0 Å². The van der Waals surface area contributed by atoms with Crippen molar-refractivity contribution < 1.29 is 9.90 Å². The van der Waals surface area contributed by atoms with Crippen molar-refractivity contribution in [3.05, 3.63) is 29.3 Å². The third kappa shape index (κ3) is 4.46. The van der Waals surface area contributed by atoms with Crippen LogP contribution in [0.25, 0.3) is 0 Å². The molecule has 1 aromatic carbocycles. The lowest BCUT2D eigenvalue weighted by Crippen LogP contribution is -2.46. The summed E-state index contributed by atoms with van der Waals surface area (Å²) in [7, 11) is 0. The number of anilines is 1. The highest BCUT2D eigenvalue weighted by Crippen LogP contribution is 2.23. The molecule has 0 bridgehead atoms. The molecule has 0 aliphatic carbocycles. The summed E-state index contributed by atoms with van der Waals surface area (Å²) in [6, 6.07) is 6.51. The zero-order valence-electron chi connectivity index (χ0n) is 13.1. The van der Waals surface area contributed by atoms with Crippen LogP contribution in [0.5, 0.6) is 0 Å². The molecule has 1 aromatic rings. The van der Waals surface area contributed by atoms with E-state index >= 15 is 0 Å². The lowest BCUT2D eigenvalue weighted by molar-refractivity contribution is -0.137. The Bertz CT molecular complexity index is 480. The van der Waals surface area contributed by atoms with Gasteiger partial charge in [-0.25, -0.2) is 0 Å². The maximum absolute atomic E-state index is 10.5. The molecule has 2 rings (SSSR count). The third-order valence-electron chi connectivity index (χ3n) is 4.40. The quantitative estimate of drug-likeness (QED) is 0.818. The number of hydrogen-bond donors (Lipinski definition) is 1. The minimum atomic E-state index is -0.685. The fourth-order valence-electron chi connectivity index (χ4n) is 2.90. The van der Waals surface area contributed by atoms with Gasteiger partial charge in [0.25, 0.3) is 0 Å². The summed E-state index contributed by atoms with van der Waals surface area (Å²) in [6.45, 7) is 9.64. The summed E-state index contributed by atoms with van der Waals surface area (Å²) in [5.74, 6) is -0.685. The minimum Gasteiger partial charge on any atom is -0.481 e. The predicted molar refractivity (Wildman–Crippen MR) is 86.1 cm³/mol. The molecule has 0 unspecified atom stereocenters. The molecular weight excluding hydrogens is 264 g/mol. The molecule has 1 aliphatic rings. The van der Waals surface area contributed by atoms with Crippen molar-refractivity contribution in [1.82, 2.24) is 4.90 Å². The number of unbranched alkanes of at least 4 members (excludes halogenated alkanes) is 1. The highest BCUT2D eigenvalue weighted by molar-refractivity contribution is 5.66. The molecule has 1 aliphatic heterocycles. The van der Waals surface area contributed by atoms with Crippen LogP contribution in [0.15, 0.2) is 18.2 Å². The summed E-state index contributed by atoms with van der Waals surface area (Å²) in [4.78, 5) is 15.4. The highest BCUT2D eigenvalue weighted by atomic mass is 16.4. The second-order valence-electron chi connectivity index (χ2n) is 5.90. The Morgan fingerprint density at radius 2 is 1.86 bits per heavy atom. The fraction of sp³-hybridized carbons (Fsp3) is 0.588. The number of carbonyl (C=O) groups is 1. The van der Waals surface area contributed by atoms with E-state index < -0.39 is 5.97 Å². The number of piperazine rings is 1. The van der Waals surface area contributed by atoms with Gasteiger partial charge in [-0.15, -0.1) is 0 Å². The molecule has 1 heterocycles. The number of aryl methyl sites for hydroxylation is 1. The molecule has 0 amide bonds. The molecule has 0 aromatic heterocycles. The molecular formula is C17H26N2O2. The van der Waals surface area contributed by atoms with Crippen LogP contribution in [0.3, 0.4) is 0 Å². The first-order chi connectivity index (χ1) is 10.1. The second kappa shape index (κ2) is 7.46. The van der Waals surface area contributed by atoms with E-state index in [9.17, 15) is 4.79 Å². The molecule has 1 fully saturated rings. The van der Waals surface area contributed by atoms with Crippen molar-refractivity contribution in [3.8, 4) is 0 Å². The van der Waals surface area contributed by atoms with Gasteiger partial charge in [0.05, 0.1) is 0 Å². The maximum atomic E-state index is 10.5. The van der Waals surface area contributed by atoms with Crippen LogP contribution in [-0.2, 0) is 4.79 Å². The van der Waals surface area contributed by atoms with Crippen LogP contribution in [0, 0.1) is 13.8 Å². The normalized spacial score (nSPS) is 16.2. The van der Waals surface area contributed by atoms with E-state index in [-0.39, 0.29) is 0 Å². The zero-order chi connectivity index (χ0) is 15.2. The Balaban J connectivity index is 1.78. The average molecular weight is 290 g/mol. The number of benzene rings is 1. The van der Waals surface area contributed by atoms with Crippen molar-refractivity contribution >= 4 is 11.7 Å². The molecule has 0 atom stereocenters. The van der Waals surface area contributed by atoms with E-state index in [1.807, 2.05) is 0 Å². The first-order valence-electron chi connectivity index (χ1n) is 7.83. The average Bonchev–Trinajstić information content (AvgIpc) is 2.47. The Labute approximate surface area is 127 Å². The number of carboxylic acids is 1. The number of rotatable bonds is 6. The van der Waals surface area contributed by atoms with E-state index in [0.717, 1.165) is 45.6 Å². The van der Waals surface area contributed by atoms with Gasteiger partial charge in [0.15, 0.2) is 0 Å². The molecule has 116 valence electrons. The van der Waals surface area contributed by atoms with Gasteiger partial charge in [-0.05, 0) is 50.4 Å². The van der Waals surface area contributed by atoms with Gasteiger partial charge < -0.3 is 10.0 Å². The van der Waals surface area contributed by atoms with Crippen LogP contribution in [0.1, 0.15) is 30.4 Å². The first-order valence-corrected chi connectivity index (χ1v) is 7.83. The van der Waals surface area contributed by atoms with Crippen molar-refractivity contribution in [3.63, 3.8) is 0 Å². The highest BCUT2D eigenvalue weighted by Gasteiger charge is 2.18. The summed E-state index contributed by atoms with van der Waals surface area (Å²) >= 11 is 0. The van der Waals surface area contributed by atoms with Gasteiger partial charge in [-0.2, -0.15) is 0 Å². The van der Waals surface area contributed by atoms with Crippen LogP contribution in [0.2, 0.25) is 0 Å². The SMILES string of the molecule is Cc1cccc(N2CCN(CCCCC(=O)O)CC2)c1C. The van der Waals surface area contributed by atoms with Crippen molar-refractivity contribution in [2.24, 2.45) is 0 Å². The van der Waals surface area contributed by atoms with Gasteiger partial charge >= 0.3 is 5.97 Å². The Hall–Kier alpha value is -1.55. The maximum Gasteiger partial charge on any atom is 0.303 e. The fourth-order valence-corrected chi connectivity index (χ4v) is 2.90. The van der Waals surface area contributed by atoms with Crippen molar-refractivity contribution in [1.29, 1.82) is 0 Å². The van der Waals surface area contributed by atoms with Crippen molar-refractivity contribution in [2.75, 3.05) is 37.6 Å². The smallest absolute Gasteiger partial charge is 0.303 e. The molecule has 1 saturated heterocycles. The molecule has 0 saturated carbocycles. The molecule has 21 heavy (non-hydrogen) atoms. The minimum absolute atomic E-state index is 0.294. The molecule has 4 heteroatoms. The van der Waals surface area contributed by atoms with E-state index in [4.69, 9.17) is 5.11 Å². The monoisotopic (exact) mass is 290 g/mol. The van der Waals surface area contributed by atoms with Crippen LogP contribution < -0.4 is 4.90 Å². The second-order valence-corrected chi connectivity index (χ2v) is 5.90. The van der Waals surface area contributed by atoms with Gasteiger partial charge in [-0.3, -0.25) is 9.69 Å². The predicted octanol–water partition coefficient (Wildman–Crippen LogP) is 2.68. The van der Waals surface area contributed by atoms with Gasteiger partial charge in [0.2, 0.25) is 0 Å². The Morgan fingerprint density at radius 3 is 2.52 bits per heavy atom. The van der Waals surface area contributed by atoms with Crippen LogP contribution in [0.4, 0.5) is 5.69 Å². The molecule has 0 spiro atoms. The Kier molecular flexibility index (Phi) is 5.62. The summed E-state index contributed by atoms with van der Waals surface area (Å²) in [5, 5.41) is 8.64. The van der Waals surface area contributed by atoms with Gasteiger partial charge in [-0.1, -0.05) is 12.1 Å². The van der Waals surface area contributed by atoms with E-state index in [1.165, 1.54) is 16.8 Å². The molecule has 1 N–H and O–H groups in total. The lowest BCUT2D eigenvalue weighted by Gasteiger charge is -2.37.